The number of aliphatic imine (C=N–C) groups is 1. The molecule has 5 nitrogen and oxygen atoms in total. The third-order valence-corrected chi connectivity index (χ3v) is 5.96. The molecular formula is C23H22ClNO4. The van der Waals surface area contributed by atoms with E-state index in [0.717, 1.165) is 11.3 Å². The number of furan rings is 1. The van der Waals surface area contributed by atoms with Gasteiger partial charge in [0.25, 0.3) is 0 Å². The number of nitrogens with zero attached hydrogens (tertiary/aromatic N) is 1. The van der Waals surface area contributed by atoms with Gasteiger partial charge in [-0.3, -0.25) is 14.6 Å². The Morgan fingerprint density at radius 2 is 2.03 bits per heavy atom. The topological polar surface area (TPSA) is 68.9 Å². The fourth-order valence-electron chi connectivity index (χ4n) is 4.39. The number of hydrogen-bond donors (Lipinski definition) is 0. The van der Waals surface area contributed by atoms with Gasteiger partial charge in [0, 0.05) is 46.7 Å². The first-order valence-corrected chi connectivity index (χ1v) is 10.1. The number of esters is 1. The van der Waals surface area contributed by atoms with E-state index in [0.29, 0.717) is 34.8 Å². The van der Waals surface area contributed by atoms with Gasteiger partial charge in [-0.25, -0.2) is 0 Å². The molecule has 0 bridgehead atoms. The zero-order valence-corrected chi connectivity index (χ0v) is 17.1. The van der Waals surface area contributed by atoms with Gasteiger partial charge in [-0.05, 0) is 37.6 Å². The lowest BCUT2D eigenvalue weighted by atomic mass is 9.70. The van der Waals surface area contributed by atoms with Crippen molar-refractivity contribution in [3.63, 3.8) is 0 Å². The maximum absolute atomic E-state index is 13.3. The zero-order valence-electron chi connectivity index (χ0n) is 16.4. The van der Waals surface area contributed by atoms with Crippen LogP contribution in [0.15, 0.2) is 63.3 Å². The van der Waals surface area contributed by atoms with Crippen molar-refractivity contribution in [2.75, 3.05) is 6.61 Å². The lowest BCUT2D eigenvalue weighted by Crippen LogP contribution is -2.38. The molecule has 150 valence electrons. The van der Waals surface area contributed by atoms with Gasteiger partial charge >= 0.3 is 5.97 Å². The van der Waals surface area contributed by atoms with Crippen molar-refractivity contribution in [1.82, 2.24) is 0 Å². The van der Waals surface area contributed by atoms with Crippen molar-refractivity contribution in [2.24, 2.45) is 10.9 Å². The van der Waals surface area contributed by atoms with E-state index in [2.05, 4.69) is 0 Å². The fourth-order valence-corrected chi connectivity index (χ4v) is 4.64. The van der Waals surface area contributed by atoms with Crippen LogP contribution in [0.5, 0.6) is 0 Å². The predicted octanol–water partition coefficient (Wildman–Crippen LogP) is 5.07. The molecule has 0 fully saturated rings. The van der Waals surface area contributed by atoms with Crippen LogP contribution < -0.4 is 0 Å². The molecule has 1 aliphatic heterocycles. The summed E-state index contributed by atoms with van der Waals surface area (Å²) in [6.07, 6.45) is 2.52. The van der Waals surface area contributed by atoms with Crippen molar-refractivity contribution in [1.29, 1.82) is 0 Å². The third kappa shape index (κ3) is 3.55. The van der Waals surface area contributed by atoms with Gasteiger partial charge in [-0.1, -0.05) is 29.8 Å². The molecular weight excluding hydrogens is 390 g/mol. The molecule has 1 aliphatic carbocycles. The summed E-state index contributed by atoms with van der Waals surface area (Å²) in [6.45, 7) is 3.84. The van der Waals surface area contributed by atoms with E-state index in [1.54, 1.807) is 19.3 Å². The Kier molecular flexibility index (Phi) is 5.41. The molecule has 0 saturated carbocycles. The van der Waals surface area contributed by atoms with Gasteiger partial charge in [0.15, 0.2) is 5.78 Å². The first kappa shape index (κ1) is 19.6. The lowest BCUT2D eigenvalue weighted by Gasteiger charge is -2.36. The van der Waals surface area contributed by atoms with E-state index in [1.807, 2.05) is 37.3 Å². The van der Waals surface area contributed by atoms with Crippen LogP contribution in [0.4, 0.5) is 0 Å². The monoisotopic (exact) mass is 411 g/mol. The quantitative estimate of drug-likeness (QED) is 0.658. The molecule has 0 amide bonds. The summed E-state index contributed by atoms with van der Waals surface area (Å²) in [4.78, 5) is 30.8. The number of carbonyl (C=O) groups excluding carboxylic acids is 2. The fraction of sp³-hybridized carbons (Fsp3) is 0.348. The predicted molar refractivity (Wildman–Crippen MR) is 110 cm³/mol. The largest absolute Gasteiger partial charge is 0.469 e. The molecule has 2 aliphatic rings. The van der Waals surface area contributed by atoms with E-state index in [1.165, 1.54) is 0 Å². The smallest absolute Gasteiger partial charge is 0.315 e. The Hall–Kier alpha value is -2.66. The minimum absolute atomic E-state index is 0.0249. The van der Waals surface area contributed by atoms with Crippen LogP contribution in [-0.2, 0) is 14.3 Å². The van der Waals surface area contributed by atoms with Crippen molar-refractivity contribution >= 4 is 29.1 Å². The van der Waals surface area contributed by atoms with Gasteiger partial charge in [-0.2, -0.15) is 0 Å². The molecule has 4 rings (SSSR count). The van der Waals surface area contributed by atoms with E-state index < -0.39 is 11.8 Å². The number of rotatable bonds is 4. The molecule has 0 radical (unpaired) electrons. The van der Waals surface area contributed by atoms with E-state index in [4.69, 9.17) is 25.7 Å². The average molecular weight is 412 g/mol. The van der Waals surface area contributed by atoms with E-state index in [9.17, 15) is 9.59 Å². The molecule has 3 atom stereocenters. The molecule has 29 heavy (non-hydrogen) atoms. The minimum atomic E-state index is -0.669. The highest BCUT2D eigenvalue weighted by molar-refractivity contribution is 6.31. The molecule has 2 heterocycles. The summed E-state index contributed by atoms with van der Waals surface area (Å²) in [6, 6.07) is 11.1. The number of Topliss-reactive ketones (excluding diaryl/α,β-unsaturated/α-hetero) is 1. The molecule has 0 saturated heterocycles. The van der Waals surface area contributed by atoms with Gasteiger partial charge < -0.3 is 9.15 Å². The van der Waals surface area contributed by atoms with Crippen LogP contribution in [0.2, 0.25) is 5.02 Å². The molecule has 0 N–H and O–H groups in total. The second-order valence-corrected chi connectivity index (χ2v) is 7.79. The van der Waals surface area contributed by atoms with Crippen molar-refractivity contribution in [3.05, 3.63) is 70.3 Å². The standard InChI is InChI=1S/C23H22ClNO4/c1-3-28-23(27)20-13(2)25-17-11-14(19-9-6-10-29-19)12-18(26)22(17)21(20)15-7-4-5-8-16(15)24/h4-10,14,20-21H,3,11-12H2,1-2H3/t14-,20?,21-/m1/s1. The maximum atomic E-state index is 13.3. The zero-order chi connectivity index (χ0) is 20.5. The van der Waals surface area contributed by atoms with Crippen molar-refractivity contribution in [2.45, 2.75) is 38.5 Å². The number of halogens is 1. The average Bonchev–Trinajstić information content (AvgIpc) is 3.22. The number of carbonyl (C=O) groups is 2. The van der Waals surface area contributed by atoms with Crippen LogP contribution in [-0.4, -0.2) is 24.1 Å². The lowest BCUT2D eigenvalue weighted by molar-refractivity contribution is -0.146. The van der Waals surface area contributed by atoms with Gasteiger partial charge in [-0.15, -0.1) is 0 Å². The summed E-state index contributed by atoms with van der Waals surface area (Å²) in [7, 11) is 0. The Morgan fingerprint density at radius 1 is 1.24 bits per heavy atom. The molecule has 2 aromatic rings. The number of allylic oxidation sites excluding steroid dienone is 2. The van der Waals surface area contributed by atoms with Crippen LogP contribution in [0.3, 0.4) is 0 Å². The van der Waals surface area contributed by atoms with Gasteiger partial charge in [0.2, 0.25) is 0 Å². The van der Waals surface area contributed by atoms with Crippen LogP contribution in [0.1, 0.15) is 49.8 Å². The summed E-state index contributed by atoms with van der Waals surface area (Å²) in [5.74, 6) is -0.856. The Labute approximate surface area is 174 Å². The van der Waals surface area contributed by atoms with Gasteiger partial charge in [0.05, 0.1) is 12.9 Å². The molecule has 1 aromatic carbocycles. The highest BCUT2D eigenvalue weighted by Gasteiger charge is 2.45. The van der Waals surface area contributed by atoms with Gasteiger partial charge in [0.1, 0.15) is 11.7 Å². The number of ether oxygens (including phenoxy) is 1. The highest BCUT2D eigenvalue weighted by Crippen LogP contribution is 2.48. The molecule has 0 spiro atoms. The summed E-state index contributed by atoms with van der Waals surface area (Å²) >= 11 is 6.50. The summed E-state index contributed by atoms with van der Waals surface area (Å²) in [5, 5.41) is 0.523. The minimum Gasteiger partial charge on any atom is -0.469 e. The second-order valence-electron chi connectivity index (χ2n) is 7.39. The molecule has 1 unspecified atom stereocenters. The summed E-state index contributed by atoms with van der Waals surface area (Å²) in [5.41, 5.74) is 2.67. The van der Waals surface area contributed by atoms with Crippen LogP contribution in [0, 0.1) is 5.92 Å². The van der Waals surface area contributed by atoms with E-state index >= 15 is 0 Å². The first-order chi connectivity index (χ1) is 14.0. The maximum Gasteiger partial charge on any atom is 0.315 e. The van der Waals surface area contributed by atoms with Crippen LogP contribution in [0.25, 0.3) is 0 Å². The first-order valence-electron chi connectivity index (χ1n) is 9.77. The Bertz CT molecular complexity index is 1010. The van der Waals surface area contributed by atoms with E-state index in [-0.39, 0.29) is 24.3 Å². The molecule has 6 heteroatoms. The SMILES string of the molecule is CCOC(=O)C1C(C)=NC2=C(C(=O)C[C@H](c3ccco3)C2)[C@@H]1c1ccccc1Cl. The number of ketones is 1. The van der Waals surface area contributed by atoms with Crippen molar-refractivity contribution < 1.29 is 18.7 Å². The second kappa shape index (κ2) is 7.99. The number of hydrogen-bond acceptors (Lipinski definition) is 5. The van der Waals surface area contributed by atoms with Crippen molar-refractivity contribution in [3.8, 4) is 0 Å². The Morgan fingerprint density at radius 3 is 2.72 bits per heavy atom. The van der Waals surface area contributed by atoms with Crippen LogP contribution >= 0.6 is 11.6 Å². The summed E-state index contributed by atoms with van der Waals surface area (Å²) < 4.78 is 10.9. The number of benzene rings is 1. The third-order valence-electron chi connectivity index (χ3n) is 5.61. The highest BCUT2D eigenvalue weighted by atomic mass is 35.5. The Balaban J connectivity index is 1.83. The molecule has 1 aromatic heterocycles. The normalized spacial score (nSPS) is 24.2.